The summed E-state index contributed by atoms with van der Waals surface area (Å²) in [5.41, 5.74) is 0.639. The van der Waals surface area contributed by atoms with E-state index in [1.807, 2.05) is 30.1 Å². The highest BCUT2D eigenvalue weighted by Crippen LogP contribution is 2.30. The SMILES string of the molecule is COc1cccc2cc(C(=O)N(C)C3CCCCC3)oc12. The van der Waals surface area contributed by atoms with Gasteiger partial charge in [-0.15, -0.1) is 0 Å². The smallest absolute Gasteiger partial charge is 0.289 e. The summed E-state index contributed by atoms with van der Waals surface area (Å²) in [6.45, 7) is 0. The quantitative estimate of drug-likeness (QED) is 0.861. The molecule has 0 atom stereocenters. The lowest BCUT2D eigenvalue weighted by Gasteiger charge is -2.30. The van der Waals surface area contributed by atoms with Gasteiger partial charge in [-0.1, -0.05) is 31.4 Å². The molecule has 4 heteroatoms. The average Bonchev–Trinajstić information content (AvgIpc) is 2.98. The number of benzene rings is 1. The van der Waals surface area contributed by atoms with Gasteiger partial charge < -0.3 is 14.1 Å². The van der Waals surface area contributed by atoms with Gasteiger partial charge in [0.25, 0.3) is 5.91 Å². The van der Waals surface area contributed by atoms with Gasteiger partial charge in [0.2, 0.25) is 0 Å². The molecule has 112 valence electrons. The lowest BCUT2D eigenvalue weighted by molar-refractivity contribution is 0.0666. The Bertz CT molecular complexity index is 641. The van der Waals surface area contributed by atoms with Crippen molar-refractivity contribution in [2.45, 2.75) is 38.1 Å². The van der Waals surface area contributed by atoms with Gasteiger partial charge in [-0.05, 0) is 25.0 Å². The van der Waals surface area contributed by atoms with Crippen LogP contribution in [0.3, 0.4) is 0 Å². The molecular weight excluding hydrogens is 266 g/mol. The number of rotatable bonds is 3. The van der Waals surface area contributed by atoms with Gasteiger partial charge in [-0.3, -0.25) is 4.79 Å². The number of hydrogen-bond donors (Lipinski definition) is 0. The van der Waals surface area contributed by atoms with Gasteiger partial charge in [0.15, 0.2) is 17.1 Å². The van der Waals surface area contributed by atoms with Crippen LogP contribution in [0.2, 0.25) is 0 Å². The van der Waals surface area contributed by atoms with Crippen LogP contribution >= 0.6 is 0 Å². The molecular formula is C17H21NO3. The van der Waals surface area contributed by atoms with Gasteiger partial charge in [-0.2, -0.15) is 0 Å². The number of para-hydroxylation sites is 1. The predicted molar refractivity (Wildman–Crippen MR) is 81.7 cm³/mol. The molecule has 0 unspecified atom stereocenters. The second kappa shape index (κ2) is 5.80. The molecule has 1 heterocycles. The van der Waals surface area contributed by atoms with E-state index in [0.717, 1.165) is 18.2 Å². The Hall–Kier alpha value is -1.97. The summed E-state index contributed by atoms with van der Waals surface area (Å²) < 4.78 is 11.0. The standard InChI is InChI=1S/C17H21NO3/c1-18(13-8-4-3-5-9-13)17(19)15-11-12-7-6-10-14(20-2)16(12)21-15/h6-7,10-11,13H,3-5,8-9H2,1-2H3. The maximum Gasteiger partial charge on any atom is 0.289 e. The summed E-state index contributed by atoms with van der Waals surface area (Å²) in [5, 5.41) is 0.898. The molecule has 21 heavy (non-hydrogen) atoms. The molecule has 1 amide bonds. The largest absolute Gasteiger partial charge is 0.493 e. The molecule has 0 N–H and O–H groups in total. The van der Waals surface area contributed by atoms with Crippen LogP contribution in [0.25, 0.3) is 11.0 Å². The molecule has 0 saturated heterocycles. The zero-order chi connectivity index (χ0) is 14.8. The van der Waals surface area contributed by atoms with Crippen molar-refractivity contribution in [3.8, 4) is 5.75 Å². The highest BCUT2D eigenvalue weighted by Gasteiger charge is 2.25. The first kappa shape index (κ1) is 14.0. The number of nitrogens with zero attached hydrogens (tertiary/aromatic N) is 1. The van der Waals surface area contributed by atoms with Crippen LogP contribution in [0.15, 0.2) is 28.7 Å². The number of methoxy groups -OCH3 is 1. The fourth-order valence-electron chi connectivity index (χ4n) is 3.11. The van der Waals surface area contributed by atoms with Crippen molar-refractivity contribution in [2.24, 2.45) is 0 Å². The predicted octanol–water partition coefficient (Wildman–Crippen LogP) is 3.85. The molecule has 1 aliphatic rings. The van der Waals surface area contributed by atoms with Crippen LogP contribution < -0.4 is 4.74 Å². The molecule has 2 aromatic rings. The lowest BCUT2D eigenvalue weighted by Crippen LogP contribution is -2.38. The Morgan fingerprint density at radius 1 is 1.29 bits per heavy atom. The highest BCUT2D eigenvalue weighted by atomic mass is 16.5. The second-order valence-electron chi connectivity index (χ2n) is 5.70. The molecule has 0 spiro atoms. The van der Waals surface area contributed by atoms with E-state index in [2.05, 4.69) is 0 Å². The van der Waals surface area contributed by atoms with Gasteiger partial charge in [0, 0.05) is 18.5 Å². The normalized spacial score (nSPS) is 16.1. The minimum atomic E-state index is -0.0415. The van der Waals surface area contributed by atoms with E-state index in [0.29, 0.717) is 23.1 Å². The van der Waals surface area contributed by atoms with Crippen molar-refractivity contribution in [1.29, 1.82) is 0 Å². The lowest BCUT2D eigenvalue weighted by atomic mass is 9.94. The van der Waals surface area contributed by atoms with Crippen LogP contribution in [-0.2, 0) is 0 Å². The van der Waals surface area contributed by atoms with E-state index < -0.39 is 0 Å². The molecule has 1 saturated carbocycles. The Kier molecular flexibility index (Phi) is 3.86. The molecule has 0 bridgehead atoms. The zero-order valence-electron chi connectivity index (χ0n) is 12.6. The number of amides is 1. The van der Waals surface area contributed by atoms with E-state index in [1.54, 1.807) is 13.2 Å². The maximum absolute atomic E-state index is 12.6. The minimum absolute atomic E-state index is 0.0415. The third-order valence-corrected chi connectivity index (χ3v) is 4.38. The van der Waals surface area contributed by atoms with Crippen LogP contribution in [0.4, 0.5) is 0 Å². The Morgan fingerprint density at radius 3 is 2.76 bits per heavy atom. The van der Waals surface area contributed by atoms with Crippen LogP contribution in [0.1, 0.15) is 42.7 Å². The molecule has 1 aromatic heterocycles. The first-order chi connectivity index (χ1) is 10.2. The van der Waals surface area contributed by atoms with E-state index in [-0.39, 0.29) is 5.91 Å². The topological polar surface area (TPSA) is 42.7 Å². The average molecular weight is 287 g/mol. The van der Waals surface area contributed by atoms with Crippen LogP contribution in [-0.4, -0.2) is 31.0 Å². The third kappa shape index (κ3) is 2.62. The van der Waals surface area contributed by atoms with E-state index in [1.165, 1.54) is 19.3 Å². The summed E-state index contributed by atoms with van der Waals surface area (Å²) in [5.74, 6) is 1.01. The number of fused-ring (bicyclic) bond motifs is 1. The van der Waals surface area contributed by atoms with Gasteiger partial charge in [-0.25, -0.2) is 0 Å². The molecule has 1 aromatic carbocycles. The number of hydrogen-bond acceptors (Lipinski definition) is 3. The zero-order valence-corrected chi connectivity index (χ0v) is 12.6. The summed E-state index contributed by atoms with van der Waals surface area (Å²) in [6.07, 6.45) is 5.87. The van der Waals surface area contributed by atoms with Crippen LogP contribution in [0, 0.1) is 0 Å². The van der Waals surface area contributed by atoms with E-state index in [4.69, 9.17) is 9.15 Å². The van der Waals surface area contributed by atoms with Crippen molar-refractivity contribution in [3.05, 3.63) is 30.0 Å². The summed E-state index contributed by atoms with van der Waals surface area (Å²) in [4.78, 5) is 14.4. The monoisotopic (exact) mass is 287 g/mol. The molecule has 0 aliphatic heterocycles. The Balaban J connectivity index is 1.87. The molecule has 0 radical (unpaired) electrons. The number of carbonyl (C=O) groups excluding carboxylic acids is 1. The van der Waals surface area contributed by atoms with Crippen molar-refractivity contribution in [2.75, 3.05) is 14.2 Å². The first-order valence-electron chi connectivity index (χ1n) is 7.54. The number of furan rings is 1. The molecule has 1 aliphatic carbocycles. The van der Waals surface area contributed by atoms with Gasteiger partial charge in [0.1, 0.15) is 0 Å². The number of ether oxygens (including phenoxy) is 1. The van der Waals surface area contributed by atoms with Gasteiger partial charge >= 0.3 is 0 Å². The highest BCUT2D eigenvalue weighted by molar-refractivity contribution is 5.97. The Labute approximate surface area is 124 Å². The minimum Gasteiger partial charge on any atom is -0.493 e. The van der Waals surface area contributed by atoms with Gasteiger partial charge in [0.05, 0.1) is 7.11 Å². The van der Waals surface area contributed by atoms with Crippen molar-refractivity contribution < 1.29 is 13.9 Å². The van der Waals surface area contributed by atoms with E-state index >= 15 is 0 Å². The van der Waals surface area contributed by atoms with E-state index in [9.17, 15) is 4.79 Å². The maximum atomic E-state index is 12.6. The fraction of sp³-hybridized carbons (Fsp3) is 0.471. The number of carbonyl (C=O) groups is 1. The second-order valence-corrected chi connectivity index (χ2v) is 5.70. The first-order valence-corrected chi connectivity index (χ1v) is 7.54. The molecule has 4 nitrogen and oxygen atoms in total. The van der Waals surface area contributed by atoms with Crippen molar-refractivity contribution in [1.82, 2.24) is 4.90 Å². The summed E-state index contributed by atoms with van der Waals surface area (Å²) in [6, 6.07) is 7.81. The van der Waals surface area contributed by atoms with Crippen molar-refractivity contribution in [3.63, 3.8) is 0 Å². The molecule has 3 rings (SSSR count). The Morgan fingerprint density at radius 2 is 2.05 bits per heavy atom. The molecule has 1 fully saturated rings. The summed E-state index contributed by atoms with van der Waals surface area (Å²) in [7, 11) is 3.48. The summed E-state index contributed by atoms with van der Waals surface area (Å²) >= 11 is 0. The third-order valence-electron chi connectivity index (χ3n) is 4.38. The fourth-order valence-corrected chi connectivity index (χ4v) is 3.11. The van der Waals surface area contributed by atoms with Crippen LogP contribution in [0.5, 0.6) is 5.75 Å². The van der Waals surface area contributed by atoms with Crippen molar-refractivity contribution >= 4 is 16.9 Å².